The summed E-state index contributed by atoms with van der Waals surface area (Å²) in [6.07, 6.45) is 4.06. The highest BCUT2D eigenvalue weighted by molar-refractivity contribution is 5.85. The van der Waals surface area contributed by atoms with Gasteiger partial charge in [0.25, 0.3) is 0 Å². The Balaban J connectivity index is 2.47. The molecular formula is C15H31N3O2. The van der Waals surface area contributed by atoms with Crippen molar-refractivity contribution in [3.63, 3.8) is 0 Å². The molecule has 5 heteroatoms. The standard InChI is InChI=1S/C15H31N3O2/c1-4-18(11-12-20-5-2)10-8-13-7-6-9-15(13,17-3)14(16)19/h13,17H,4-12H2,1-3H3,(H2,16,19). The summed E-state index contributed by atoms with van der Waals surface area (Å²) in [7, 11) is 1.86. The van der Waals surface area contributed by atoms with Gasteiger partial charge in [0, 0.05) is 13.2 Å². The Kier molecular flexibility index (Phi) is 7.48. The van der Waals surface area contributed by atoms with E-state index in [-0.39, 0.29) is 5.91 Å². The molecule has 0 heterocycles. The lowest BCUT2D eigenvalue weighted by molar-refractivity contribution is -0.125. The molecule has 0 aromatic rings. The average molecular weight is 285 g/mol. The lowest BCUT2D eigenvalue weighted by atomic mass is 9.84. The van der Waals surface area contributed by atoms with Gasteiger partial charge in [-0.3, -0.25) is 4.79 Å². The molecule has 0 aromatic heterocycles. The first-order chi connectivity index (χ1) is 9.60. The minimum Gasteiger partial charge on any atom is -0.380 e. The van der Waals surface area contributed by atoms with Crippen LogP contribution in [0.25, 0.3) is 0 Å². The number of likely N-dealkylation sites (N-methyl/N-ethyl adjacent to an activating group) is 2. The van der Waals surface area contributed by atoms with Crippen molar-refractivity contribution in [3.05, 3.63) is 0 Å². The van der Waals surface area contributed by atoms with Crippen LogP contribution in [0.1, 0.15) is 39.5 Å². The quantitative estimate of drug-likeness (QED) is 0.587. The maximum atomic E-state index is 11.8. The number of nitrogens with two attached hydrogens (primary N) is 1. The molecule has 0 spiro atoms. The molecule has 0 aromatic carbocycles. The monoisotopic (exact) mass is 285 g/mol. The van der Waals surface area contributed by atoms with E-state index in [4.69, 9.17) is 10.5 Å². The topological polar surface area (TPSA) is 67.6 Å². The van der Waals surface area contributed by atoms with Gasteiger partial charge in [-0.1, -0.05) is 13.3 Å². The van der Waals surface area contributed by atoms with Crippen molar-refractivity contribution in [2.75, 3.05) is 39.9 Å². The van der Waals surface area contributed by atoms with Crippen molar-refractivity contribution in [2.45, 2.75) is 45.1 Å². The SMILES string of the molecule is CCOCCN(CC)CCC1CCCC1(NC)C(N)=O. The summed E-state index contributed by atoms with van der Waals surface area (Å²) in [5.74, 6) is 0.158. The molecular weight excluding hydrogens is 254 g/mol. The molecule has 1 amide bonds. The highest BCUT2D eigenvalue weighted by Gasteiger charge is 2.46. The van der Waals surface area contributed by atoms with E-state index in [1.54, 1.807) is 0 Å². The second kappa shape index (κ2) is 8.60. The summed E-state index contributed by atoms with van der Waals surface area (Å²) < 4.78 is 5.41. The minimum absolute atomic E-state index is 0.195. The largest absolute Gasteiger partial charge is 0.380 e. The fourth-order valence-electron chi connectivity index (χ4n) is 3.35. The lowest BCUT2D eigenvalue weighted by Gasteiger charge is -2.33. The van der Waals surface area contributed by atoms with Gasteiger partial charge in [-0.25, -0.2) is 0 Å². The highest BCUT2D eigenvalue weighted by Crippen LogP contribution is 2.37. The van der Waals surface area contributed by atoms with Gasteiger partial charge < -0.3 is 20.7 Å². The van der Waals surface area contributed by atoms with Crippen molar-refractivity contribution >= 4 is 5.91 Å². The molecule has 0 aliphatic heterocycles. The van der Waals surface area contributed by atoms with Crippen LogP contribution in [0.3, 0.4) is 0 Å². The van der Waals surface area contributed by atoms with E-state index < -0.39 is 5.54 Å². The Bertz CT molecular complexity index is 299. The van der Waals surface area contributed by atoms with E-state index in [2.05, 4.69) is 17.1 Å². The Morgan fingerprint density at radius 2 is 2.20 bits per heavy atom. The zero-order valence-corrected chi connectivity index (χ0v) is 13.3. The number of carbonyl (C=O) groups excluding carboxylic acids is 1. The van der Waals surface area contributed by atoms with Crippen LogP contribution in [0.5, 0.6) is 0 Å². The van der Waals surface area contributed by atoms with E-state index in [1.165, 1.54) is 0 Å². The zero-order valence-electron chi connectivity index (χ0n) is 13.3. The number of rotatable bonds is 10. The van der Waals surface area contributed by atoms with Gasteiger partial charge in [0.05, 0.1) is 6.61 Å². The first-order valence-electron chi connectivity index (χ1n) is 7.89. The molecule has 1 aliphatic rings. The van der Waals surface area contributed by atoms with Crippen LogP contribution in [-0.4, -0.2) is 56.2 Å². The lowest BCUT2D eigenvalue weighted by Crippen LogP contribution is -2.56. The summed E-state index contributed by atoms with van der Waals surface area (Å²) in [4.78, 5) is 14.2. The summed E-state index contributed by atoms with van der Waals surface area (Å²) >= 11 is 0. The molecule has 2 unspecified atom stereocenters. The van der Waals surface area contributed by atoms with Crippen LogP contribution in [0.4, 0.5) is 0 Å². The van der Waals surface area contributed by atoms with Crippen molar-refractivity contribution in [3.8, 4) is 0 Å². The number of primary amides is 1. The molecule has 1 rings (SSSR count). The van der Waals surface area contributed by atoms with Gasteiger partial charge in [0.15, 0.2) is 0 Å². The maximum Gasteiger partial charge on any atom is 0.238 e. The van der Waals surface area contributed by atoms with Crippen LogP contribution in [-0.2, 0) is 9.53 Å². The fourth-order valence-corrected chi connectivity index (χ4v) is 3.35. The van der Waals surface area contributed by atoms with Crippen LogP contribution >= 0.6 is 0 Å². The Hall–Kier alpha value is -0.650. The van der Waals surface area contributed by atoms with Gasteiger partial charge in [-0.05, 0) is 52.2 Å². The Morgan fingerprint density at radius 1 is 1.45 bits per heavy atom. The number of ether oxygens (including phenoxy) is 1. The van der Waals surface area contributed by atoms with E-state index in [1.807, 2.05) is 14.0 Å². The average Bonchev–Trinajstić information content (AvgIpc) is 2.87. The molecule has 0 saturated heterocycles. The van der Waals surface area contributed by atoms with Gasteiger partial charge in [0.2, 0.25) is 5.91 Å². The van der Waals surface area contributed by atoms with Gasteiger partial charge in [0.1, 0.15) is 5.54 Å². The Labute approximate surface area is 123 Å². The number of hydrogen-bond donors (Lipinski definition) is 2. The normalized spacial score (nSPS) is 26.3. The second-order valence-electron chi connectivity index (χ2n) is 5.59. The molecule has 20 heavy (non-hydrogen) atoms. The number of nitrogens with zero attached hydrogens (tertiary/aromatic N) is 1. The number of carbonyl (C=O) groups is 1. The van der Waals surface area contributed by atoms with Crippen molar-refractivity contribution in [1.29, 1.82) is 0 Å². The third-order valence-corrected chi connectivity index (χ3v) is 4.70. The molecule has 2 atom stereocenters. The van der Waals surface area contributed by atoms with Crippen LogP contribution in [0, 0.1) is 5.92 Å². The number of nitrogens with one attached hydrogen (secondary N) is 1. The molecule has 3 N–H and O–H groups in total. The first kappa shape index (κ1) is 17.4. The number of amides is 1. The predicted molar refractivity (Wildman–Crippen MR) is 81.6 cm³/mol. The van der Waals surface area contributed by atoms with Gasteiger partial charge in [-0.15, -0.1) is 0 Å². The zero-order chi connectivity index (χ0) is 15.0. The van der Waals surface area contributed by atoms with Crippen LogP contribution in [0.2, 0.25) is 0 Å². The second-order valence-corrected chi connectivity index (χ2v) is 5.59. The van der Waals surface area contributed by atoms with Crippen molar-refractivity contribution in [2.24, 2.45) is 11.7 Å². The maximum absolute atomic E-state index is 11.8. The molecule has 5 nitrogen and oxygen atoms in total. The molecule has 118 valence electrons. The van der Waals surface area contributed by atoms with Gasteiger partial charge in [-0.2, -0.15) is 0 Å². The fraction of sp³-hybridized carbons (Fsp3) is 0.933. The summed E-state index contributed by atoms with van der Waals surface area (Å²) in [5.41, 5.74) is 5.15. The molecule has 1 saturated carbocycles. The molecule has 1 aliphatic carbocycles. The summed E-state index contributed by atoms with van der Waals surface area (Å²) in [6, 6.07) is 0. The molecule has 1 fully saturated rings. The molecule has 0 radical (unpaired) electrons. The summed E-state index contributed by atoms with van der Waals surface area (Å²) in [6.45, 7) is 8.71. The molecule has 0 bridgehead atoms. The van der Waals surface area contributed by atoms with Gasteiger partial charge >= 0.3 is 0 Å². The third kappa shape index (κ3) is 4.17. The number of hydrogen-bond acceptors (Lipinski definition) is 4. The third-order valence-electron chi connectivity index (χ3n) is 4.70. The predicted octanol–water partition coefficient (Wildman–Crippen LogP) is 0.979. The van der Waals surface area contributed by atoms with E-state index in [0.717, 1.165) is 58.5 Å². The first-order valence-corrected chi connectivity index (χ1v) is 7.89. The minimum atomic E-state index is -0.487. The Morgan fingerprint density at radius 3 is 2.75 bits per heavy atom. The summed E-state index contributed by atoms with van der Waals surface area (Å²) in [5, 5.41) is 3.20. The van der Waals surface area contributed by atoms with E-state index >= 15 is 0 Å². The van der Waals surface area contributed by atoms with Crippen LogP contribution < -0.4 is 11.1 Å². The van der Waals surface area contributed by atoms with Crippen molar-refractivity contribution in [1.82, 2.24) is 10.2 Å². The highest BCUT2D eigenvalue weighted by atomic mass is 16.5. The van der Waals surface area contributed by atoms with E-state index in [0.29, 0.717) is 5.92 Å². The van der Waals surface area contributed by atoms with E-state index in [9.17, 15) is 4.79 Å². The van der Waals surface area contributed by atoms with Crippen LogP contribution in [0.15, 0.2) is 0 Å². The van der Waals surface area contributed by atoms with Crippen molar-refractivity contribution < 1.29 is 9.53 Å². The smallest absolute Gasteiger partial charge is 0.238 e.